The number of amides is 3. The molecule has 0 radical (unpaired) electrons. The first kappa shape index (κ1) is 29.7. The van der Waals surface area contributed by atoms with E-state index in [0.29, 0.717) is 16.3 Å². The lowest BCUT2D eigenvalue weighted by Gasteiger charge is -2.36. The Morgan fingerprint density at radius 3 is 1.81 bits per heavy atom. The van der Waals surface area contributed by atoms with Crippen LogP contribution in [0, 0.1) is 5.41 Å². The first-order valence-corrected chi connectivity index (χ1v) is 15.9. The minimum Gasteiger partial charge on any atom is -0.403 e. The van der Waals surface area contributed by atoms with Crippen LogP contribution in [0.1, 0.15) is 53.2 Å². The van der Waals surface area contributed by atoms with Crippen LogP contribution < -0.4 is 15.7 Å². The summed E-state index contributed by atoms with van der Waals surface area (Å²) >= 11 is 13.8. The summed E-state index contributed by atoms with van der Waals surface area (Å²) in [6.07, 6.45) is -0.525. The van der Waals surface area contributed by atoms with Crippen LogP contribution in [-0.4, -0.2) is 38.2 Å². The summed E-state index contributed by atoms with van der Waals surface area (Å²) in [6, 6.07) is 30.0. The van der Waals surface area contributed by atoms with E-state index in [-0.39, 0.29) is 16.1 Å². The molecule has 0 saturated heterocycles. The molecule has 1 aliphatic rings. The molecule has 42 heavy (non-hydrogen) atoms. The highest BCUT2D eigenvalue weighted by Gasteiger charge is 2.37. The molecule has 1 unspecified atom stereocenters. The molecule has 0 saturated carbocycles. The average Bonchev–Trinajstić information content (AvgIpc) is 3.21. The summed E-state index contributed by atoms with van der Waals surface area (Å²) in [5, 5.41) is 5.64. The Hall–Kier alpha value is -3.75. The fourth-order valence-electron chi connectivity index (χ4n) is 5.07. The summed E-state index contributed by atoms with van der Waals surface area (Å²) < 4.78 is 7.03. The molecule has 214 valence electrons. The maximum absolute atomic E-state index is 13.1. The quantitative estimate of drug-likeness (QED) is 0.198. The Morgan fingerprint density at radius 2 is 1.31 bits per heavy atom. The topological polar surface area (TPSA) is 75.7 Å². The van der Waals surface area contributed by atoms with Gasteiger partial charge in [-0.25, -0.2) is 0 Å². The Bertz CT molecular complexity index is 1570. The minimum atomic E-state index is -2.21. The monoisotopic (exact) mass is 616 g/mol. The highest BCUT2D eigenvalue weighted by atomic mass is 35.5. The van der Waals surface area contributed by atoms with Crippen molar-refractivity contribution in [3.63, 3.8) is 0 Å². The predicted molar refractivity (Wildman–Crippen MR) is 169 cm³/mol. The molecular weight excluding hydrogens is 587 g/mol. The Kier molecular flexibility index (Phi) is 8.66. The number of anilines is 1. The normalized spacial score (nSPS) is 13.8. The third kappa shape index (κ3) is 6.05. The van der Waals surface area contributed by atoms with Crippen molar-refractivity contribution in [2.75, 3.05) is 11.9 Å². The summed E-state index contributed by atoms with van der Waals surface area (Å²) in [5.41, 5.74) is 1.01. The van der Waals surface area contributed by atoms with Gasteiger partial charge in [-0.2, -0.15) is 0 Å². The van der Waals surface area contributed by atoms with Crippen molar-refractivity contribution in [1.82, 2.24) is 4.90 Å². The number of hydrogen-bond acceptors (Lipinski definition) is 4. The van der Waals surface area contributed by atoms with Crippen LogP contribution in [0.25, 0.3) is 0 Å². The van der Waals surface area contributed by atoms with E-state index < -0.39 is 44.8 Å². The first-order chi connectivity index (χ1) is 20.1. The molecule has 0 aromatic heterocycles. The standard InChI is InChI=1S/C33H30Cl2N2O4Si/c1-33(2,3)30(41-42(21-12-6-4-7-13-21)22-14-8-5-9-15-22)28-25(34)18-19-26(29(28)35)36-27(38)20-37-31(39)23-16-10-11-17-24(23)32(37)40/h4-19,30,42H,20H2,1-3H3,(H,36,38). The Morgan fingerprint density at radius 1 is 0.810 bits per heavy atom. The summed E-state index contributed by atoms with van der Waals surface area (Å²) in [5.74, 6) is -1.57. The van der Waals surface area contributed by atoms with Gasteiger partial charge in [0.15, 0.2) is 0 Å². The molecule has 1 N–H and O–H groups in total. The van der Waals surface area contributed by atoms with Crippen molar-refractivity contribution < 1.29 is 18.8 Å². The molecule has 1 atom stereocenters. The van der Waals surface area contributed by atoms with E-state index in [9.17, 15) is 14.4 Å². The first-order valence-electron chi connectivity index (χ1n) is 13.5. The zero-order chi connectivity index (χ0) is 30.0. The van der Waals surface area contributed by atoms with Crippen LogP contribution in [0.5, 0.6) is 0 Å². The van der Waals surface area contributed by atoms with Crippen molar-refractivity contribution in [3.05, 3.63) is 124 Å². The maximum Gasteiger partial charge on any atom is 0.262 e. The molecule has 0 bridgehead atoms. The van der Waals surface area contributed by atoms with Gasteiger partial charge in [-0.3, -0.25) is 19.3 Å². The second kappa shape index (κ2) is 12.2. The zero-order valence-electron chi connectivity index (χ0n) is 23.4. The van der Waals surface area contributed by atoms with Gasteiger partial charge in [0.2, 0.25) is 14.9 Å². The molecule has 0 aliphatic carbocycles. The molecule has 5 rings (SSSR count). The highest BCUT2D eigenvalue weighted by Crippen LogP contribution is 2.45. The third-order valence-corrected chi connectivity index (χ3v) is 10.4. The number of nitrogens with one attached hydrogen (secondary N) is 1. The number of carbonyl (C=O) groups is 3. The number of hydrogen-bond donors (Lipinski definition) is 1. The lowest BCUT2D eigenvalue weighted by atomic mass is 9.84. The minimum absolute atomic E-state index is 0.243. The summed E-state index contributed by atoms with van der Waals surface area (Å²) in [4.78, 5) is 39.6. The largest absolute Gasteiger partial charge is 0.403 e. The molecule has 6 nitrogen and oxygen atoms in total. The van der Waals surface area contributed by atoms with E-state index in [1.54, 1.807) is 36.4 Å². The summed E-state index contributed by atoms with van der Waals surface area (Å²) in [7, 11) is -2.21. The fourth-order valence-corrected chi connectivity index (χ4v) is 8.34. The lowest BCUT2D eigenvalue weighted by molar-refractivity contribution is -0.116. The van der Waals surface area contributed by atoms with Crippen LogP contribution >= 0.6 is 23.2 Å². The van der Waals surface area contributed by atoms with Gasteiger partial charge in [-0.05, 0) is 40.1 Å². The van der Waals surface area contributed by atoms with E-state index in [1.165, 1.54) is 0 Å². The number of benzene rings is 4. The van der Waals surface area contributed by atoms with Gasteiger partial charge in [0.05, 0.1) is 27.9 Å². The van der Waals surface area contributed by atoms with E-state index in [1.807, 2.05) is 36.4 Å². The molecule has 3 amide bonds. The Labute approximate surface area is 256 Å². The SMILES string of the molecule is CC(C)(C)C(O[SiH](c1ccccc1)c1ccccc1)c1c(Cl)ccc(NC(=O)CN2C(=O)c3ccccc3C2=O)c1Cl. The van der Waals surface area contributed by atoms with Gasteiger partial charge in [-0.15, -0.1) is 0 Å². The second-order valence-corrected chi connectivity index (χ2v) is 14.3. The number of carbonyl (C=O) groups excluding carboxylic acids is 3. The number of halogens is 2. The van der Waals surface area contributed by atoms with Crippen LogP contribution in [-0.2, 0) is 9.22 Å². The molecule has 0 spiro atoms. The van der Waals surface area contributed by atoms with E-state index in [2.05, 4.69) is 50.4 Å². The predicted octanol–water partition coefficient (Wildman–Crippen LogP) is 5.87. The van der Waals surface area contributed by atoms with Crippen molar-refractivity contribution >= 4 is 66.0 Å². The zero-order valence-corrected chi connectivity index (χ0v) is 26.1. The van der Waals surface area contributed by atoms with Gasteiger partial charge < -0.3 is 9.74 Å². The van der Waals surface area contributed by atoms with Gasteiger partial charge in [0, 0.05) is 10.6 Å². The maximum atomic E-state index is 13.1. The molecule has 1 aliphatic heterocycles. The van der Waals surface area contributed by atoms with E-state index >= 15 is 0 Å². The Balaban J connectivity index is 1.44. The van der Waals surface area contributed by atoms with Gasteiger partial charge in [-0.1, -0.05) is 117 Å². The molecule has 4 aromatic carbocycles. The average molecular weight is 618 g/mol. The van der Waals surface area contributed by atoms with Gasteiger partial charge in [0.25, 0.3) is 11.8 Å². The van der Waals surface area contributed by atoms with E-state index in [4.69, 9.17) is 27.6 Å². The molecule has 9 heteroatoms. The lowest BCUT2D eigenvalue weighted by Crippen LogP contribution is -2.47. The second-order valence-electron chi connectivity index (χ2n) is 11.2. The van der Waals surface area contributed by atoms with Crippen molar-refractivity contribution in [2.24, 2.45) is 5.41 Å². The van der Waals surface area contributed by atoms with Crippen molar-refractivity contribution in [2.45, 2.75) is 26.9 Å². The van der Waals surface area contributed by atoms with Crippen LogP contribution in [0.2, 0.25) is 10.0 Å². The molecule has 1 heterocycles. The number of rotatable bonds is 8. The smallest absolute Gasteiger partial charge is 0.262 e. The highest BCUT2D eigenvalue weighted by molar-refractivity contribution is 6.80. The van der Waals surface area contributed by atoms with Crippen LogP contribution in [0.4, 0.5) is 5.69 Å². The van der Waals surface area contributed by atoms with Crippen LogP contribution in [0.15, 0.2) is 97.1 Å². The van der Waals surface area contributed by atoms with Crippen molar-refractivity contribution in [1.29, 1.82) is 0 Å². The van der Waals surface area contributed by atoms with Gasteiger partial charge in [0.1, 0.15) is 6.54 Å². The third-order valence-electron chi connectivity index (χ3n) is 7.11. The van der Waals surface area contributed by atoms with Crippen molar-refractivity contribution in [3.8, 4) is 0 Å². The molecular formula is C33H30Cl2N2O4Si. The van der Waals surface area contributed by atoms with Gasteiger partial charge >= 0.3 is 0 Å². The number of nitrogens with zero attached hydrogens (tertiary/aromatic N) is 1. The van der Waals surface area contributed by atoms with Crippen LogP contribution in [0.3, 0.4) is 0 Å². The summed E-state index contributed by atoms with van der Waals surface area (Å²) in [6.45, 7) is 5.72. The number of fused-ring (bicyclic) bond motifs is 1. The van der Waals surface area contributed by atoms with E-state index in [0.717, 1.165) is 15.3 Å². The fraction of sp³-hybridized carbons (Fsp3) is 0.182. The molecule has 0 fully saturated rings. The number of imide groups is 1. The molecule has 4 aromatic rings.